The van der Waals surface area contributed by atoms with Crippen LogP contribution < -0.4 is 10.6 Å². The lowest BCUT2D eigenvalue weighted by atomic mass is 10.0. The van der Waals surface area contributed by atoms with Crippen molar-refractivity contribution in [3.05, 3.63) is 65.2 Å². The first-order valence-electron chi connectivity index (χ1n) is 6.67. The fourth-order valence-corrected chi connectivity index (χ4v) is 2.56. The Labute approximate surface area is 121 Å². The van der Waals surface area contributed by atoms with Crippen molar-refractivity contribution in [1.82, 2.24) is 0 Å². The Morgan fingerprint density at radius 2 is 1.71 bits per heavy atom. The smallest absolute Gasteiger partial charge is 0.196 e. The van der Waals surface area contributed by atoms with Gasteiger partial charge in [-0.25, -0.2) is 8.78 Å². The molecule has 2 aromatic carbocycles. The van der Waals surface area contributed by atoms with Gasteiger partial charge in [-0.2, -0.15) is 0 Å². The van der Waals surface area contributed by atoms with Crippen molar-refractivity contribution in [2.45, 2.75) is 13.0 Å². The fourth-order valence-electron chi connectivity index (χ4n) is 2.56. The standard InChI is InChI=1S/C16H15F2N3/c1-10-5-7-11(8-6-10)21-14(9-20-16(21)19)15-12(17)3-2-4-13(15)18/h2-8,14H,9H2,1H3,(H2,19,20). The van der Waals surface area contributed by atoms with Crippen LogP contribution in [-0.4, -0.2) is 12.5 Å². The van der Waals surface area contributed by atoms with Gasteiger partial charge in [0.2, 0.25) is 0 Å². The molecule has 2 aromatic rings. The topological polar surface area (TPSA) is 41.6 Å². The molecular weight excluding hydrogens is 272 g/mol. The van der Waals surface area contributed by atoms with Gasteiger partial charge < -0.3 is 10.6 Å². The molecule has 0 amide bonds. The Morgan fingerprint density at radius 3 is 2.33 bits per heavy atom. The number of anilines is 1. The molecule has 0 aromatic heterocycles. The van der Waals surface area contributed by atoms with Crippen LogP contribution >= 0.6 is 0 Å². The molecule has 3 rings (SSSR count). The van der Waals surface area contributed by atoms with Gasteiger partial charge in [0.25, 0.3) is 0 Å². The summed E-state index contributed by atoms with van der Waals surface area (Å²) < 4.78 is 28.0. The average molecular weight is 287 g/mol. The van der Waals surface area contributed by atoms with Crippen LogP contribution in [0.2, 0.25) is 0 Å². The molecule has 0 fully saturated rings. The summed E-state index contributed by atoms with van der Waals surface area (Å²) in [5, 5.41) is 0. The maximum absolute atomic E-state index is 14.0. The number of aryl methyl sites for hydroxylation is 1. The summed E-state index contributed by atoms with van der Waals surface area (Å²) in [5.41, 5.74) is 7.78. The van der Waals surface area contributed by atoms with Gasteiger partial charge in [-0.3, -0.25) is 4.99 Å². The normalized spacial score (nSPS) is 18.0. The largest absolute Gasteiger partial charge is 0.369 e. The Morgan fingerprint density at radius 1 is 1.10 bits per heavy atom. The molecule has 0 radical (unpaired) electrons. The summed E-state index contributed by atoms with van der Waals surface area (Å²) in [6.07, 6.45) is 0. The van der Waals surface area contributed by atoms with Gasteiger partial charge in [0.1, 0.15) is 11.6 Å². The van der Waals surface area contributed by atoms with Crippen molar-refractivity contribution in [3.63, 3.8) is 0 Å². The van der Waals surface area contributed by atoms with E-state index in [1.165, 1.54) is 18.2 Å². The molecule has 1 heterocycles. The van der Waals surface area contributed by atoms with Crippen molar-refractivity contribution in [2.24, 2.45) is 10.7 Å². The molecule has 1 aliphatic rings. The van der Waals surface area contributed by atoms with E-state index in [9.17, 15) is 8.78 Å². The van der Waals surface area contributed by atoms with Crippen LogP contribution in [-0.2, 0) is 0 Å². The van der Waals surface area contributed by atoms with Gasteiger partial charge in [0.15, 0.2) is 5.96 Å². The maximum atomic E-state index is 14.0. The van der Waals surface area contributed by atoms with Crippen molar-refractivity contribution < 1.29 is 8.78 Å². The number of benzene rings is 2. The van der Waals surface area contributed by atoms with Gasteiger partial charge in [0, 0.05) is 11.3 Å². The monoisotopic (exact) mass is 287 g/mol. The third-order valence-corrected chi connectivity index (χ3v) is 3.63. The maximum Gasteiger partial charge on any atom is 0.196 e. The number of rotatable bonds is 2. The summed E-state index contributed by atoms with van der Waals surface area (Å²) >= 11 is 0. The number of guanidine groups is 1. The molecule has 0 aliphatic carbocycles. The molecule has 0 saturated carbocycles. The summed E-state index contributed by atoms with van der Waals surface area (Å²) in [5.74, 6) is -0.893. The van der Waals surface area contributed by atoms with Crippen molar-refractivity contribution >= 4 is 11.6 Å². The molecule has 0 saturated heterocycles. The zero-order valence-electron chi connectivity index (χ0n) is 11.6. The zero-order chi connectivity index (χ0) is 15.0. The predicted octanol–water partition coefficient (Wildman–Crippen LogP) is 3.15. The molecule has 1 unspecified atom stereocenters. The van der Waals surface area contributed by atoms with E-state index in [0.717, 1.165) is 11.3 Å². The van der Waals surface area contributed by atoms with E-state index in [1.807, 2.05) is 31.2 Å². The minimum Gasteiger partial charge on any atom is -0.369 e. The summed E-state index contributed by atoms with van der Waals surface area (Å²) in [6, 6.07) is 10.9. The number of aliphatic imine (C=N–C) groups is 1. The second-order valence-electron chi connectivity index (χ2n) is 5.06. The first kappa shape index (κ1) is 13.5. The van der Waals surface area contributed by atoms with Crippen LogP contribution in [0.25, 0.3) is 0 Å². The molecule has 1 atom stereocenters. The third-order valence-electron chi connectivity index (χ3n) is 3.63. The Balaban J connectivity index is 2.05. The van der Waals surface area contributed by atoms with Crippen LogP contribution in [0.5, 0.6) is 0 Å². The third kappa shape index (κ3) is 2.35. The SMILES string of the molecule is Cc1ccc(N2C(N)=NCC2c2c(F)cccc2F)cc1. The van der Waals surface area contributed by atoms with Crippen LogP contribution in [0.3, 0.4) is 0 Å². The van der Waals surface area contributed by atoms with E-state index in [0.29, 0.717) is 0 Å². The minimum absolute atomic E-state index is 0.00211. The number of hydrogen-bond acceptors (Lipinski definition) is 3. The molecule has 0 bridgehead atoms. The molecule has 1 aliphatic heterocycles. The lowest BCUT2D eigenvalue weighted by Gasteiger charge is -2.27. The molecule has 21 heavy (non-hydrogen) atoms. The van der Waals surface area contributed by atoms with E-state index in [2.05, 4.69) is 4.99 Å². The minimum atomic E-state index is -0.581. The van der Waals surface area contributed by atoms with Crippen molar-refractivity contribution in [1.29, 1.82) is 0 Å². The van der Waals surface area contributed by atoms with Gasteiger partial charge >= 0.3 is 0 Å². The number of nitrogens with zero attached hydrogens (tertiary/aromatic N) is 2. The van der Waals surface area contributed by atoms with Crippen LogP contribution in [0.4, 0.5) is 14.5 Å². The highest BCUT2D eigenvalue weighted by Gasteiger charge is 2.32. The number of nitrogens with two attached hydrogens (primary N) is 1. The highest BCUT2D eigenvalue weighted by atomic mass is 19.1. The van der Waals surface area contributed by atoms with Gasteiger partial charge in [-0.05, 0) is 31.2 Å². The fraction of sp³-hybridized carbons (Fsp3) is 0.188. The van der Waals surface area contributed by atoms with E-state index in [1.54, 1.807) is 4.90 Å². The van der Waals surface area contributed by atoms with Crippen LogP contribution in [0.1, 0.15) is 17.2 Å². The van der Waals surface area contributed by atoms with Crippen molar-refractivity contribution in [2.75, 3.05) is 11.4 Å². The Hall–Kier alpha value is -2.43. The predicted molar refractivity (Wildman–Crippen MR) is 79.2 cm³/mol. The lowest BCUT2D eigenvalue weighted by Crippen LogP contribution is -2.36. The molecule has 5 heteroatoms. The van der Waals surface area contributed by atoms with Crippen LogP contribution in [0.15, 0.2) is 47.5 Å². The molecule has 3 nitrogen and oxygen atoms in total. The van der Waals surface area contributed by atoms with E-state index in [-0.39, 0.29) is 18.1 Å². The van der Waals surface area contributed by atoms with E-state index in [4.69, 9.17) is 5.73 Å². The highest BCUT2D eigenvalue weighted by Crippen LogP contribution is 2.33. The summed E-state index contributed by atoms with van der Waals surface area (Å²) in [6.45, 7) is 2.21. The van der Waals surface area contributed by atoms with E-state index >= 15 is 0 Å². The molecule has 0 spiro atoms. The van der Waals surface area contributed by atoms with Gasteiger partial charge in [0.05, 0.1) is 12.6 Å². The molecule has 2 N–H and O–H groups in total. The number of halogens is 2. The summed E-state index contributed by atoms with van der Waals surface area (Å²) in [4.78, 5) is 5.81. The van der Waals surface area contributed by atoms with E-state index < -0.39 is 17.7 Å². The van der Waals surface area contributed by atoms with Crippen LogP contribution in [0, 0.1) is 18.6 Å². The highest BCUT2D eigenvalue weighted by molar-refractivity contribution is 5.97. The van der Waals surface area contributed by atoms with Crippen molar-refractivity contribution in [3.8, 4) is 0 Å². The summed E-state index contributed by atoms with van der Waals surface area (Å²) in [7, 11) is 0. The second-order valence-corrected chi connectivity index (χ2v) is 5.06. The van der Waals surface area contributed by atoms with Gasteiger partial charge in [-0.1, -0.05) is 23.8 Å². The Bertz CT molecular complexity index is 675. The molecule has 108 valence electrons. The zero-order valence-corrected chi connectivity index (χ0v) is 11.6. The lowest BCUT2D eigenvalue weighted by molar-refractivity contribution is 0.533. The first-order valence-corrected chi connectivity index (χ1v) is 6.67. The first-order chi connectivity index (χ1) is 10.1. The quantitative estimate of drug-likeness (QED) is 0.922. The van der Waals surface area contributed by atoms with Gasteiger partial charge in [-0.15, -0.1) is 0 Å². The Kier molecular flexibility index (Phi) is 3.33. The second kappa shape index (κ2) is 5.16. The number of hydrogen-bond donors (Lipinski definition) is 1. The average Bonchev–Trinajstić information content (AvgIpc) is 2.82. The molecular formula is C16H15F2N3.